The highest BCUT2D eigenvalue weighted by Crippen LogP contribution is 2.29. The highest BCUT2D eigenvalue weighted by Gasteiger charge is 2.28. The molecule has 2 heterocycles. The maximum Gasteiger partial charge on any atom is 0.257 e. The van der Waals surface area contributed by atoms with Gasteiger partial charge in [0.15, 0.2) is 5.13 Å². The van der Waals surface area contributed by atoms with Crippen LogP contribution >= 0.6 is 11.3 Å². The number of thiazole rings is 1. The molecule has 2 aromatic carbocycles. The Labute approximate surface area is 166 Å². The molecule has 142 valence electrons. The van der Waals surface area contributed by atoms with Gasteiger partial charge in [-0.25, -0.2) is 4.98 Å². The number of fused-ring (bicyclic) bond motifs is 1. The average Bonchev–Trinajstić information content (AvgIpc) is 3.20. The standard InChI is InChI=1S/C21H19N3O3S/c1-12-9-13(2)19-16(10-12)28-21(22-19)23-20(27)15-5-3-14(4-6-15)11-24-17(25)7-8-18(24)26/h3-6,9-10H,7-8,11H2,1-2H3,(H,22,23,27). The molecule has 1 aliphatic heterocycles. The number of nitrogens with zero attached hydrogens (tertiary/aromatic N) is 2. The van der Waals surface area contributed by atoms with E-state index in [9.17, 15) is 14.4 Å². The van der Waals surface area contributed by atoms with Gasteiger partial charge in [-0.2, -0.15) is 0 Å². The molecule has 7 heteroatoms. The van der Waals surface area contributed by atoms with Crippen LogP contribution in [0.25, 0.3) is 10.2 Å². The van der Waals surface area contributed by atoms with Crippen LogP contribution in [0.15, 0.2) is 36.4 Å². The SMILES string of the molecule is Cc1cc(C)c2nc(NC(=O)c3ccc(CN4C(=O)CCC4=O)cc3)sc2c1. The minimum atomic E-state index is -0.242. The first-order valence-electron chi connectivity index (χ1n) is 9.02. The predicted octanol–water partition coefficient (Wildman–Crippen LogP) is 3.81. The minimum Gasteiger partial charge on any atom is -0.298 e. The number of carbonyl (C=O) groups excluding carboxylic acids is 3. The number of aryl methyl sites for hydroxylation is 2. The van der Waals surface area contributed by atoms with E-state index in [0.29, 0.717) is 10.7 Å². The Kier molecular flexibility index (Phi) is 4.68. The average molecular weight is 393 g/mol. The van der Waals surface area contributed by atoms with E-state index in [4.69, 9.17) is 0 Å². The molecule has 0 unspecified atom stereocenters. The second-order valence-electron chi connectivity index (χ2n) is 6.97. The summed E-state index contributed by atoms with van der Waals surface area (Å²) in [5.74, 6) is -0.533. The molecule has 0 radical (unpaired) electrons. The van der Waals surface area contributed by atoms with E-state index < -0.39 is 0 Å². The van der Waals surface area contributed by atoms with Gasteiger partial charge in [0.2, 0.25) is 11.8 Å². The van der Waals surface area contributed by atoms with Crippen molar-refractivity contribution < 1.29 is 14.4 Å². The molecular formula is C21H19N3O3S. The maximum atomic E-state index is 12.5. The second-order valence-corrected chi connectivity index (χ2v) is 8.00. The number of benzene rings is 2. The van der Waals surface area contributed by atoms with Gasteiger partial charge in [-0.05, 0) is 48.7 Å². The van der Waals surface area contributed by atoms with Gasteiger partial charge in [0.05, 0.1) is 16.8 Å². The van der Waals surface area contributed by atoms with E-state index in [0.717, 1.165) is 26.9 Å². The fraction of sp³-hybridized carbons (Fsp3) is 0.238. The highest BCUT2D eigenvalue weighted by atomic mass is 32.1. The number of amides is 3. The molecule has 1 aromatic heterocycles. The van der Waals surface area contributed by atoms with Crippen molar-refractivity contribution in [3.63, 3.8) is 0 Å². The number of rotatable bonds is 4. The molecule has 1 aliphatic rings. The number of carbonyl (C=O) groups is 3. The monoisotopic (exact) mass is 393 g/mol. The summed E-state index contributed by atoms with van der Waals surface area (Å²) in [7, 11) is 0. The summed E-state index contributed by atoms with van der Waals surface area (Å²) in [5, 5.41) is 3.41. The van der Waals surface area contributed by atoms with Gasteiger partial charge in [0.1, 0.15) is 0 Å². The van der Waals surface area contributed by atoms with Crippen molar-refractivity contribution in [3.8, 4) is 0 Å². The largest absolute Gasteiger partial charge is 0.298 e. The molecule has 0 spiro atoms. The molecule has 0 atom stereocenters. The van der Waals surface area contributed by atoms with Crippen LogP contribution in [0.5, 0.6) is 0 Å². The van der Waals surface area contributed by atoms with E-state index in [1.165, 1.54) is 16.2 Å². The summed E-state index contributed by atoms with van der Waals surface area (Å²) in [6, 6.07) is 11.0. The third-order valence-electron chi connectivity index (χ3n) is 4.76. The number of aromatic nitrogens is 1. The molecule has 4 rings (SSSR count). The lowest BCUT2D eigenvalue weighted by Gasteiger charge is -2.13. The molecule has 1 saturated heterocycles. The van der Waals surface area contributed by atoms with Crippen molar-refractivity contribution in [1.82, 2.24) is 9.88 Å². The van der Waals surface area contributed by atoms with Crippen LogP contribution in [0.3, 0.4) is 0 Å². The lowest BCUT2D eigenvalue weighted by Crippen LogP contribution is -2.28. The molecule has 1 N–H and O–H groups in total. The van der Waals surface area contributed by atoms with E-state index in [2.05, 4.69) is 22.4 Å². The first kappa shape index (κ1) is 18.3. The van der Waals surface area contributed by atoms with Crippen LogP contribution in [-0.2, 0) is 16.1 Å². The summed E-state index contributed by atoms with van der Waals surface area (Å²) in [6.07, 6.45) is 0.557. The van der Waals surface area contributed by atoms with Crippen molar-refractivity contribution in [3.05, 3.63) is 58.7 Å². The topological polar surface area (TPSA) is 79.4 Å². The van der Waals surface area contributed by atoms with Gasteiger partial charge in [-0.15, -0.1) is 0 Å². The van der Waals surface area contributed by atoms with Gasteiger partial charge < -0.3 is 0 Å². The number of imide groups is 1. The van der Waals surface area contributed by atoms with Crippen molar-refractivity contribution in [1.29, 1.82) is 0 Å². The third kappa shape index (κ3) is 3.53. The zero-order valence-electron chi connectivity index (χ0n) is 15.6. The molecule has 3 aromatic rings. The van der Waals surface area contributed by atoms with Crippen LogP contribution in [0.2, 0.25) is 0 Å². The van der Waals surface area contributed by atoms with Gasteiger partial charge in [-0.3, -0.25) is 24.6 Å². The zero-order chi connectivity index (χ0) is 19.8. The van der Waals surface area contributed by atoms with Crippen molar-refractivity contribution in [2.24, 2.45) is 0 Å². The molecule has 0 aliphatic carbocycles. The number of hydrogen-bond acceptors (Lipinski definition) is 5. The number of likely N-dealkylation sites (tertiary alicyclic amines) is 1. The highest BCUT2D eigenvalue weighted by molar-refractivity contribution is 7.22. The predicted molar refractivity (Wildman–Crippen MR) is 108 cm³/mol. The Morgan fingerprint density at radius 1 is 1.11 bits per heavy atom. The number of anilines is 1. The first-order chi connectivity index (χ1) is 13.4. The summed E-state index contributed by atoms with van der Waals surface area (Å²) >= 11 is 1.45. The minimum absolute atomic E-state index is 0.145. The Morgan fingerprint density at radius 2 is 1.79 bits per heavy atom. The molecule has 0 saturated carbocycles. The molecule has 1 fully saturated rings. The quantitative estimate of drug-likeness (QED) is 0.684. The van der Waals surface area contributed by atoms with Crippen LogP contribution in [0, 0.1) is 13.8 Å². The molecule has 28 heavy (non-hydrogen) atoms. The molecular weight excluding hydrogens is 374 g/mol. The summed E-state index contributed by atoms with van der Waals surface area (Å²) in [4.78, 5) is 41.8. The number of nitrogens with one attached hydrogen (secondary N) is 1. The Hall–Kier alpha value is -3.06. The van der Waals surface area contributed by atoms with Crippen molar-refractivity contribution >= 4 is 44.4 Å². The van der Waals surface area contributed by atoms with Gasteiger partial charge in [-0.1, -0.05) is 29.5 Å². The first-order valence-corrected chi connectivity index (χ1v) is 9.83. The third-order valence-corrected chi connectivity index (χ3v) is 5.68. The Bertz CT molecular complexity index is 1090. The molecule has 3 amide bonds. The normalized spacial score (nSPS) is 14.1. The number of hydrogen-bond donors (Lipinski definition) is 1. The molecule has 6 nitrogen and oxygen atoms in total. The summed E-state index contributed by atoms with van der Waals surface area (Å²) in [5.41, 5.74) is 4.46. The zero-order valence-corrected chi connectivity index (χ0v) is 16.4. The fourth-order valence-electron chi connectivity index (χ4n) is 3.34. The van der Waals surface area contributed by atoms with E-state index in [1.807, 2.05) is 13.8 Å². The smallest absolute Gasteiger partial charge is 0.257 e. The summed E-state index contributed by atoms with van der Waals surface area (Å²) < 4.78 is 1.04. The van der Waals surface area contributed by atoms with Crippen LogP contribution in [-0.4, -0.2) is 27.6 Å². The second kappa shape index (κ2) is 7.16. The van der Waals surface area contributed by atoms with E-state index in [1.54, 1.807) is 24.3 Å². The van der Waals surface area contributed by atoms with Crippen LogP contribution < -0.4 is 5.32 Å². The Morgan fingerprint density at radius 3 is 2.46 bits per heavy atom. The Balaban J connectivity index is 1.47. The van der Waals surface area contributed by atoms with Crippen LogP contribution in [0.4, 0.5) is 5.13 Å². The summed E-state index contributed by atoms with van der Waals surface area (Å²) in [6.45, 7) is 4.29. The van der Waals surface area contributed by atoms with Crippen molar-refractivity contribution in [2.75, 3.05) is 5.32 Å². The van der Waals surface area contributed by atoms with Gasteiger partial charge >= 0.3 is 0 Å². The van der Waals surface area contributed by atoms with Crippen LogP contribution in [0.1, 0.15) is 39.9 Å². The fourth-order valence-corrected chi connectivity index (χ4v) is 4.37. The van der Waals surface area contributed by atoms with E-state index >= 15 is 0 Å². The molecule has 0 bridgehead atoms. The van der Waals surface area contributed by atoms with Gasteiger partial charge in [0, 0.05) is 18.4 Å². The lowest BCUT2D eigenvalue weighted by molar-refractivity contribution is -0.139. The lowest BCUT2D eigenvalue weighted by atomic mass is 10.1. The maximum absolute atomic E-state index is 12.5. The van der Waals surface area contributed by atoms with E-state index in [-0.39, 0.29) is 37.1 Å². The van der Waals surface area contributed by atoms with Gasteiger partial charge in [0.25, 0.3) is 5.91 Å². The van der Waals surface area contributed by atoms with Crippen molar-refractivity contribution in [2.45, 2.75) is 33.2 Å².